The summed E-state index contributed by atoms with van der Waals surface area (Å²) >= 11 is 0. The molecule has 1 aliphatic carbocycles. The summed E-state index contributed by atoms with van der Waals surface area (Å²) in [6.07, 6.45) is 6.22. The molecule has 1 aliphatic heterocycles. The third-order valence-corrected chi connectivity index (χ3v) is 5.48. The van der Waals surface area contributed by atoms with Crippen LogP contribution in [-0.2, 0) is 0 Å². The fourth-order valence-electron chi connectivity index (χ4n) is 3.93. The van der Waals surface area contributed by atoms with Gasteiger partial charge in [0.25, 0.3) is 0 Å². The molecule has 0 bridgehead atoms. The van der Waals surface area contributed by atoms with Gasteiger partial charge < -0.3 is 20.2 Å². The van der Waals surface area contributed by atoms with Gasteiger partial charge in [0.15, 0.2) is 0 Å². The minimum absolute atomic E-state index is 0.0831. The van der Waals surface area contributed by atoms with E-state index in [9.17, 15) is 9.90 Å². The molecule has 0 atom stereocenters. The van der Waals surface area contributed by atoms with Crippen LogP contribution in [0, 0.1) is 11.8 Å². The number of likely N-dealkylation sites (tertiary alicyclic amines) is 1. The van der Waals surface area contributed by atoms with Crippen LogP contribution >= 0.6 is 0 Å². The number of hydrogen-bond acceptors (Lipinski definition) is 3. The molecule has 0 aromatic heterocycles. The highest BCUT2D eigenvalue weighted by Gasteiger charge is 2.28. The number of urea groups is 1. The smallest absolute Gasteiger partial charge is 0.317 e. The van der Waals surface area contributed by atoms with E-state index in [1.165, 1.54) is 0 Å². The van der Waals surface area contributed by atoms with Crippen LogP contribution in [0.3, 0.4) is 0 Å². The Kier molecular flexibility index (Phi) is 7.15. The zero-order valence-corrected chi connectivity index (χ0v) is 15.1. The number of amides is 2. The molecule has 0 unspecified atom stereocenters. The number of rotatable bonds is 5. The summed E-state index contributed by atoms with van der Waals surface area (Å²) in [6, 6.07) is 0.737. The van der Waals surface area contributed by atoms with Crippen molar-refractivity contribution in [3.8, 4) is 0 Å². The number of aliphatic hydroxyl groups is 1. The van der Waals surface area contributed by atoms with E-state index >= 15 is 0 Å². The van der Waals surface area contributed by atoms with Gasteiger partial charge in [-0.1, -0.05) is 13.8 Å². The lowest BCUT2D eigenvalue weighted by atomic mass is 9.86. The monoisotopic (exact) mass is 325 g/mol. The summed E-state index contributed by atoms with van der Waals surface area (Å²) in [7, 11) is 1.92. The molecular formula is C18H35N3O2. The van der Waals surface area contributed by atoms with Crippen LogP contribution in [-0.4, -0.2) is 66.3 Å². The molecule has 1 saturated heterocycles. The molecule has 1 saturated carbocycles. The van der Waals surface area contributed by atoms with Crippen LogP contribution in [0.15, 0.2) is 0 Å². The van der Waals surface area contributed by atoms with Crippen molar-refractivity contribution < 1.29 is 9.90 Å². The van der Waals surface area contributed by atoms with E-state index in [0.29, 0.717) is 23.9 Å². The van der Waals surface area contributed by atoms with Gasteiger partial charge in [0.05, 0.1) is 0 Å². The van der Waals surface area contributed by atoms with E-state index in [0.717, 1.165) is 58.2 Å². The molecule has 2 fully saturated rings. The largest absolute Gasteiger partial charge is 0.396 e. The molecule has 0 aromatic rings. The predicted molar refractivity (Wildman–Crippen MR) is 93.4 cm³/mol. The number of aliphatic hydroxyl groups excluding tert-OH is 1. The van der Waals surface area contributed by atoms with Gasteiger partial charge in [0.2, 0.25) is 0 Å². The second-order valence-corrected chi connectivity index (χ2v) is 7.89. The Balaban J connectivity index is 1.70. The van der Waals surface area contributed by atoms with E-state index in [-0.39, 0.29) is 12.6 Å². The first-order chi connectivity index (χ1) is 11.0. The van der Waals surface area contributed by atoms with Gasteiger partial charge in [0.1, 0.15) is 0 Å². The van der Waals surface area contributed by atoms with E-state index < -0.39 is 0 Å². The van der Waals surface area contributed by atoms with E-state index in [2.05, 4.69) is 24.1 Å². The predicted octanol–water partition coefficient (Wildman–Crippen LogP) is 2.30. The number of carbonyl (C=O) groups excluding carboxylic acids is 1. The number of nitrogens with zero attached hydrogens (tertiary/aromatic N) is 2. The van der Waals surface area contributed by atoms with Crippen molar-refractivity contribution in [2.75, 3.05) is 33.3 Å². The second kappa shape index (κ2) is 8.88. The molecule has 5 nitrogen and oxygen atoms in total. The number of piperidine rings is 1. The zero-order valence-electron chi connectivity index (χ0n) is 15.1. The highest BCUT2D eigenvalue weighted by Crippen LogP contribution is 2.26. The maximum absolute atomic E-state index is 12.5. The average molecular weight is 325 g/mol. The number of carbonyl (C=O) groups is 1. The summed E-state index contributed by atoms with van der Waals surface area (Å²) in [5.41, 5.74) is 0. The van der Waals surface area contributed by atoms with Crippen molar-refractivity contribution >= 4 is 6.03 Å². The zero-order chi connectivity index (χ0) is 16.8. The van der Waals surface area contributed by atoms with Crippen LogP contribution in [0.25, 0.3) is 0 Å². The van der Waals surface area contributed by atoms with Gasteiger partial charge in [-0.3, -0.25) is 0 Å². The fourth-order valence-corrected chi connectivity index (χ4v) is 3.93. The van der Waals surface area contributed by atoms with E-state index in [1.807, 2.05) is 11.9 Å². The third kappa shape index (κ3) is 5.64. The standard InChI is InChI=1S/C18H35N3O2/c1-14(2)12-21-10-8-16(9-11-21)19-18(23)20(3)17-6-4-15(13-22)5-7-17/h14-17,22H,4-13H2,1-3H3,(H,19,23). The molecule has 23 heavy (non-hydrogen) atoms. The van der Waals surface area contributed by atoms with Crippen LogP contribution in [0.4, 0.5) is 4.79 Å². The quantitative estimate of drug-likeness (QED) is 0.815. The summed E-state index contributed by atoms with van der Waals surface area (Å²) in [5.74, 6) is 1.15. The van der Waals surface area contributed by atoms with E-state index in [4.69, 9.17) is 0 Å². The minimum atomic E-state index is 0.0831. The van der Waals surface area contributed by atoms with Crippen LogP contribution in [0.2, 0.25) is 0 Å². The van der Waals surface area contributed by atoms with Gasteiger partial charge in [-0.2, -0.15) is 0 Å². The Morgan fingerprint density at radius 2 is 1.78 bits per heavy atom. The molecule has 134 valence electrons. The van der Waals surface area contributed by atoms with Gasteiger partial charge in [-0.05, 0) is 50.4 Å². The Hall–Kier alpha value is -0.810. The number of hydrogen-bond donors (Lipinski definition) is 2. The Morgan fingerprint density at radius 1 is 1.17 bits per heavy atom. The van der Waals surface area contributed by atoms with Crippen molar-refractivity contribution in [2.45, 2.75) is 64.5 Å². The Morgan fingerprint density at radius 3 is 2.30 bits per heavy atom. The summed E-state index contributed by atoms with van der Waals surface area (Å²) in [5, 5.41) is 12.4. The topological polar surface area (TPSA) is 55.8 Å². The van der Waals surface area contributed by atoms with Gasteiger partial charge in [-0.25, -0.2) is 4.79 Å². The Labute approximate surface area is 141 Å². The average Bonchev–Trinajstić information content (AvgIpc) is 2.55. The summed E-state index contributed by atoms with van der Waals surface area (Å²) in [6.45, 7) is 8.15. The molecular weight excluding hydrogens is 290 g/mol. The molecule has 2 aliphatic rings. The van der Waals surface area contributed by atoms with Crippen LogP contribution in [0.5, 0.6) is 0 Å². The maximum atomic E-state index is 12.5. The molecule has 2 rings (SSSR count). The van der Waals surface area contributed by atoms with Crippen LogP contribution in [0.1, 0.15) is 52.4 Å². The summed E-state index contributed by atoms with van der Waals surface area (Å²) in [4.78, 5) is 16.9. The van der Waals surface area contributed by atoms with Crippen LogP contribution < -0.4 is 5.32 Å². The lowest BCUT2D eigenvalue weighted by molar-refractivity contribution is 0.127. The van der Waals surface area contributed by atoms with Gasteiger partial charge >= 0.3 is 6.03 Å². The Bertz CT molecular complexity index is 359. The lowest BCUT2D eigenvalue weighted by Gasteiger charge is -2.37. The first-order valence-electron chi connectivity index (χ1n) is 9.36. The van der Waals surface area contributed by atoms with Crippen molar-refractivity contribution in [3.63, 3.8) is 0 Å². The van der Waals surface area contributed by atoms with Gasteiger partial charge in [0, 0.05) is 45.4 Å². The molecule has 2 amide bonds. The fraction of sp³-hybridized carbons (Fsp3) is 0.944. The second-order valence-electron chi connectivity index (χ2n) is 7.89. The third-order valence-electron chi connectivity index (χ3n) is 5.48. The van der Waals surface area contributed by atoms with Crippen molar-refractivity contribution in [3.05, 3.63) is 0 Å². The first kappa shape index (κ1) is 18.5. The highest BCUT2D eigenvalue weighted by atomic mass is 16.3. The highest BCUT2D eigenvalue weighted by molar-refractivity contribution is 5.74. The van der Waals surface area contributed by atoms with E-state index in [1.54, 1.807) is 0 Å². The summed E-state index contributed by atoms with van der Waals surface area (Å²) < 4.78 is 0. The van der Waals surface area contributed by atoms with Gasteiger partial charge in [-0.15, -0.1) is 0 Å². The maximum Gasteiger partial charge on any atom is 0.317 e. The molecule has 5 heteroatoms. The lowest BCUT2D eigenvalue weighted by Crippen LogP contribution is -2.51. The molecule has 0 aromatic carbocycles. The molecule has 0 spiro atoms. The normalized spacial score (nSPS) is 27.2. The van der Waals surface area contributed by atoms with Crippen molar-refractivity contribution in [1.82, 2.24) is 15.1 Å². The first-order valence-corrected chi connectivity index (χ1v) is 9.36. The number of nitrogens with one attached hydrogen (secondary N) is 1. The van der Waals surface area contributed by atoms with Crippen molar-refractivity contribution in [1.29, 1.82) is 0 Å². The molecule has 2 N–H and O–H groups in total. The molecule has 1 heterocycles. The van der Waals surface area contributed by atoms with Crippen molar-refractivity contribution in [2.24, 2.45) is 11.8 Å². The molecule has 0 radical (unpaired) electrons. The minimum Gasteiger partial charge on any atom is -0.396 e. The SMILES string of the molecule is CC(C)CN1CCC(NC(=O)N(C)C2CCC(CO)CC2)CC1.